The highest BCUT2D eigenvalue weighted by Crippen LogP contribution is 2.25. The van der Waals surface area contributed by atoms with Crippen LogP contribution in [0, 0.1) is 28.6 Å². The maximum Gasteiger partial charge on any atom is 0.139 e. The van der Waals surface area contributed by atoms with Crippen LogP contribution < -0.4 is 4.90 Å². The van der Waals surface area contributed by atoms with Crippen LogP contribution in [0.5, 0.6) is 0 Å². The minimum Gasteiger partial charge on any atom is -0.378 e. The summed E-state index contributed by atoms with van der Waals surface area (Å²) < 4.78 is 0. The van der Waals surface area contributed by atoms with Gasteiger partial charge in [-0.3, -0.25) is 0 Å². The third-order valence-corrected chi connectivity index (χ3v) is 2.71. The summed E-state index contributed by atoms with van der Waals surface area (Å²) in [7, 11) is 3.96. The highest BCUT2D eigenvalue weighted by molar-refractivity contribution is 5.46. The molecule has 0 N–H and O–H groups in total. The molecule has 1 atom stereocenters. The standard InChI is InChI=1S/C13H15N3/c1-10(12(8-14)9-15)11-4-6-13(7-5-11)16(2)3/h4-7,10,12H,1-3H3. The van der Waals surface area contributed by atoms with Crippen molar-refractivity contribution in [2.75, 3.05) is 19.0 Å². The zero-order valence-corrected chi connectivity index (χ0v) is 9.81. The number of hydrogen-bond donors (Lipinski definition) is 0. The number of anilines is 1. The number of rotatable bonds is 3. The summed E-state index contributed by atoms with van der Waals surface area (Å²) in [6.07, 6.45) is 0. The van der Waals surface area contributed by atoms with E-state index in [2.05, 4.69) is 0 Å². The summed E-state index contributed by atoms with van der Waals surface area (Å²) in [5.41, 5.74) is 2.14. The molecule has 0 spiro atoms. The van der Waals surface area contributed by atoms with Crippen LogP contribution in [-0.4, -0.2) is 14.1 Å². The van der Waals surface area contributed by atoms with Gasteiger partial charge in [0.1, 0.15) is 5.92 Å². The van der Waals surface area contributed by atoms with E-state index >= 15 is 0 Å². The molecule has 1 unspecified atom stereocenters. The van der Waals surface area contributed by atoms with Gasteiger partial charge in [-0.2, -0.15) is 10.5 Å². The van der Waals surface area contributed by atoms with Gasteiger partial charge in [-0.1, -0.05) is 19.1 Å². The first kappa shape index (κ1) is 12.1. The summed E-state index contributed by atoms with van der Waals surface area (Å²) in [4.78, 5) is 2.01. The first-order valence-electron chi connectivity index (χ1n) is 5.16. The summed E-state index contributed by atoms with van der Waals surface area (Å²) in [5.74, 6) is -0.628. The van der Waals surface area contributed by atoms with Crippen molar-refractivity contribution in [1.82, 2.24) is 0 Å². The van der Waals surface area contributed by atoms with Gasteiger partial charge in [0.25, 0.3) is 0 Å². The second kappa shape index (κ2) is 5.19. The monoisotopic (exact) mass is 213 g/mol. The zero-order chi connectivity index (χ0) is 12.1. The minimum atomic E-state index is -0.579. The van der Waals surface area contributed by atoms with Crippen LogP contribution in [0.15, 0.2) is 24.3 Å². The van der Waals surface area contributed by atoms with Crippen molar-refractivity contribution in [3.63, 3.8) is 0 Å². The molecule has 0 amide bonds. The van der Waals surface area contributed by atoms with Crippen LogP contribution >= 0.6 is 0 Å². The summed E-state index contributed by atoms with van der Waals surface area (Å²) in [6, 6.07) is 12.0. The van der Waals surface area contributed by atoms with Crippen molar-refractivity contribution in [2.24, 2.45) is 5.92 Å². The van der Waals surface area contributed by atoms with E-state index in [9.17, 15) is 0 Å². The Labute approximate surface area is 96.5 Å². The number of hydrogen-bond acceptors (Lipinski definition) is 3. The van der Waals surface area contributed by atoms with Crippen LogP contribution in [-0.2, 0) is 0 Å². The van der Waals surface area contributed by atoms with Crippen molar-refractivity contribution in [3.05, 3.63) is 29.8 Å². The van der Waals surface area contributed by atoms with E-state index in [-0.39, 0.29) is 5.92 Å². The van der Waals surface area contributed by atoms with Gasteiger partial charge in [-0.25, -0.2) is 0 Å². The second-order valence-electron chi connectivity index (χ2n) is 4.01. The molecule has 0 radical (unpaired) electrons. The predicted molar refractivity (Wildman–Crippen MR) is 63.9 cm³/mol. The van der Waals surface area contributed by atoms with Crippen molar-refractivity contribution in [1.29, 1.82) is 10.5 Å². The van der Waals surface area contributed by atoms with E-state index in [1.807, 2.05) is 62.3 Å². The van der Waals surface area contributed by atoms with Crippen molar-refractivity contribution < 1.29 is 0 Å². The van der Waals surface area contributed by atoms with Crippen molar-refractivity contribution >= 4 is 5.69 Å². The largest absolute Gasteiger partial charge is 0.378 e. The molecule has 3 nitrogen and oxygen atoms in total. The molecule has 0 saturated heterocycles. The lowest BCUT2D eigenvalue weighted by Gasteiger charge is -2.15. The molecule has 0 aromatic heterocycles. The van der Waals surface area contributed by atoms with Crippen LogP contribution in [0.3, 0.4) is 0 Å². The Morgan fingerprint density at radius 1 is 1.06 bits per heavy atom. The Balaban J connectivity index is 2.91. The third-order valence-electron chi connectivity index (χ3n) is 2.71. The highest BCUT2D eigenvalue weighted by atomic mass is 15.1. The average molecular weight is 213 g/mol. The summed E-state index contributed by atoms with van der Waals surface area (Å²) in [5, 5.41) is 17.6. The number of benzene rings is 1. The summed E-state index contributed by atoms with van der Waals surface area (Å²) in [6.45, 7) is 1.90. The van der Waals surface area contributed by atoms with Gasteiger partial charge < -0.3 is 4.90 Å². The molecule has 1 aromatic carbocycles. The predicted octanol–water partition coefficient (Wildman–Crippen LogP) is 2.52. The van der Waals surface area contributed by atoms with E-state index < -0.39 is 5.92 Å². The highest BCUT2D eigenvalue weighted by Gasteiger charge is 2.17. The molecular weight excluding hydrogens is 198 g/mol. The van der Waals surface area contributed by atoms with Gasteiger partial charge >= 0.3 is 0 Å². The molecule has 0 aliphatic carbocycles. The van der Waals surface area contributed by atoms with Crippen LogP contribution in [0.25, 0.3) is 0 Å². The average Bonchev–Trinajstić information content (AvgIpc) is 2.30. The molecular formula is C13H15N3. The lowest BCUT2D eigenvalue weighted by molar-refractivity contribution is 0.670. The van der Waals surface area contributed by atoms with Crippen LogP contribution in [0.4, 0.5) is 5.69 Å². The molecule has 0 bridgehead atoms. The fraction of sp³-hybridized carbons (Fsp3) is 0.385. The van der Waals surface area contributed by atoms with E-state index in [1.54, 1.807) is 0 Å². The van der Waals surface area contributed by atoms with Crippen LogP contribution in [0.1, 0.15) is 18.4 Å². The number of nitriles is 2. The van der Waals surface area contributed by atoms with Gasteiger partial charge in [0, 0.05) is 25.7 Å². The first-order valence-corrected chi connectivity index (χ1v) is 5.16. The second-order valence-corrected chi connectivity index (χ2v) is 4.01. The molecule has 0 aliphatic heterocycles. The quantitative estimate of drug-likeness (QED) is 0.775. The van der Waals surface area contributed by atoms with Gasteiger partial charge in [-0.15, -0.1) is 0 Å². The first-order chi connectivity index (χ1) is 7.60. The molecule has 0 aliphatic rings. The molecule has 1 aromatic rings. The maximum absolute atomic E-state index is 8.82. The Morgan fingerprint density at radius 2 is 1.56 bits per heavy atom. The van der Waals surface area contributed by atoms with E-state index in [0.29, 0.717) is 0 Å². The fourth-order valence-electron chi connectivity index (χ4n) is 1.52. The van der Waals surface area contributed by atoms with E-state index in [1.165, 1.54) is 0 Å². The van der Waals surface area contributed by atoms with Gasteiger partial charge in [0.2, 0.25) is 0 Å². The molecule has 82 valence electrons. The molecule has 0 heterocycles. The van der Waals surface area contributed by atoms with Crippen molar-refractivity contribution in [3.8, 4) is 12.1 Å². The molecule has 16 heavy (non-hydrogen) atoms. The lowest BCUT2D eigenvalue weighted by atomic mass is 9.89. The van der Waals surface area contributed by atoms with E-state index in [0.717, 1.165) is 11.3 Å². The third kappa shape index (κ3) is 2.52. The normalized spacial score (nSPS) is 11.6. The van der Waals surface area contributed by atoms with E-state index in [4.69, 9.17) is 10.5 Å². The number of nitrogens with zero attached hydrogens (tertiary/aromatic N) is 3. The Morgan fingerprint density at radius 3 is 1.94 bits per heavy atom. The van der Waals surface area contributed by atoms with Crippen molar-refractivity contribution in [2.45, 2.75) is 12.8 Å². The van der Waals surface area contributed by atoms with Crippen LogP contribution in [0.2, 0.25) is 0 Å². The minimum absolute atomic E-state index is 0.0498. The van der Waals surface area contributed by atoms with Gasteiger partial charge in [0.05, 0.1) is 12.1 Å². The topological polar surface area (TPSA) is 50.8 Å². The molecule has 0 saturated carbocycles. The lowest BCUT2D eigenvalue weighted by Crippen LogP contribution is -2.09. The Hall–Kier alpha value is -2.00. The summed E-state index contributed by atoms with van der Waals surface area (Å²) >= 11 is 0. The molecule has 3 heteroatoms. The Bertz CT molecular complexity index is 406. The Kier molecular flexibility index (Phi) is 3.91. The molecule has 1 rings (SSSR count). The maximum atomic E-state index is 8.82. The van der Waals surface area contributed by atoms with Gasteiger partial charge in [0.15, 0.2) is 0 Å². The SMILES string of the molecule is CC(c1ccc(N(C)C)cc1)C(C#N)C#N. The smallest absolute Gasteiger partial charge is 0.139 e. The van der Waals surface area contributed by atoms with Gasteiger partial charge in [-0.05, 0) is 17.7 Å². The zero-order valence-electron chi connectivity index (χ0n) is 9.81. The fourth-order valence-corrected chi connectivity index (χ4v) is 1.52. The molecule has 0 fully saturated rings.